The molecular weight excluding hydrogens is 338 g/mol. The molecule has 0 saturated carbocycles. The molecule has 0 radical (unpaired) electrons. The van der Waals surface area contributed by atoms with Gasteiger partial charge in [-0.15, -0.1) is 0 Å². The lowest BCUT2D eigenvalue weighted by molar-refractivity contribution is -0.116. The molecule has 5 nitrogen and oxygen atoms in total. The van der Waals surface area contributed by atoms with Crippen molar-refractivity contribution < 1.29 is 9.53 Å². The van der Waals surface area contributed by atoms with Crippen LogP contribution in [-0.2, 0) is 17.8 Å². The molecule has 5 heteroatoms. The molecule has 0 spiro atoms. The van der Waals surface area contributed by atoms with Crippen LogP contribution in [0, 0.1) is 0 Å². The van der Waals surface area contributed by atoms with Gasteiger partial charge in [-0.2, -0.15) is 0 Å². The fraction of sp³-hybridized carbons (Fsp3) is 0.182. The average molecular weight is 361 g/mol. The lowest BCUT2D eigenvalue weighted by Gasteiger charge is -2.09. The predicted molar refractivity (Wildman–Crippen MR) is 108 cm³/mol. The van der Waals surface area contributed by atoms with Gasteiger partial charge in [0.25, 0.3) is 0 Å². The third-order valence-corrected chi connectivity index (χ3v) is 4.17. The fourth-order valence-electron chi connectivity index (χ4n) is 2.63. The van der Waals surface area contributed by atoms with E-state index in [9.17, 15) is 4.79 Å². The topological polar surface area (TPSA) is 63.2 Å². The molecule has 0 aliphatic rings. The summed E-state index contributed by atoms with van der Waals surface area (Å²) in [4.78, 5) is 16.4. The molecule has 0 saturated heterocycles. The number of nitrogens with zero attached hydrogens (tertiary/aromatic N) is 1. The standard InChI is InChI=1S/C22H23N3O2/c1-27-20-11-7-18(8-12-20)15-23-19-10-13-21(24-16-19)25-22(26)14-9-17-5-3-2-4-6-17/h2-8,10-13,16,23H,9,14-15H2,1H3,(H,24,25,26). The highest BCUT2D eigenvalue weighted by Crippen LogP contribution is 2.14. The molecule has 0 fully saturated rings. The Balaban J connectivity index is 1.45. The van der Waals surface area contributed by atoms with Gasteiger partial charge in [0.2, 0.25) is 5.91 Å². The van der Waals surface area contributed by atoms with Gasteiger partial charge < -0.3 is 15.4 Å². The largest absolute Gasteiger partial charge is 0.497 e. The van der Waals surface area contributed by atoms with E-state index in [1.54, 1.807) is 19.4 Å². The van der Waals surface area contributed by atoms with Crippen molar-refractivity contribution in [3.05, 3.63) is 84.1 Å². The second-order valence-corrected chi connectivity index (χ2v) is 6.17. The van der Waals surface area contributed by atoms with Gasteiger partial charge in [-0.25, -0.2) is 4.98 Å². The Kier molecular flexibility index (Phi) is 6.41. The Morgan fingerprint density at radius 2 is 1.74 bits per heavy atom. The number of ether oxygens (including phenoxy) is 1. The molecule has 1 aromatic heterocycles. The number of aromatic nitrogens is 1. The molecule has 0 aliphatic heterocycles. The number of carbonyl (C=O) groups is 1. The number of rotatable bonds is 8. The lowest BCUT2D eigenvalue weighted by atomic mass is 10.1. The molecule has 3 rings (SSSR count). The first-order valence-electron chi connectivity index (χ1n) is 8.89. The number of benzene rings is 2. The first-order chi connectivity index (χ1) is 13.2. The molecule has 0 unspecified atom stereocenters. The van der Waals surface area contributed by atoms with E-state index in [0.717, 1.165) is 22.6 Å². The summed E-state index contributed by atoms with van der Waals surface area (Å²) in [5, 5.41) is 6.14. The monoisotopic (exact) mass is 361 g/mol. The van der Waals surface area contributed by atoms with E-state index < -0.39 is 0 Å². The summed E-state index contributed by atoms with van der Waals surface area (Å²) in [6.07, 6.45) is 2.87. The van der Waals surface area contributed by atoms with E-state index in [-0.39, 0.29) is 5.91 Å². The Hall–Kier alpha value is -3.34. The summed E-state index contributed by atoms with van der Waals surface area (Å²) in [6, 6.07) is 21.6. The van der Waals surface area contributed by atoms with Gasteiger partial charge in [-0.1, -0.05) is 42.5 Å². The van der Waals surface area contributed by atoms with Gasteiger partial charge in [-0.3, -0.25) is 4.79 Å². The Labute approximate surface area is 159 Å². The van der Waals surface area contributed by atoms with Crippen LogP contribution in [-0.4, -0.2) is 18.0 Å². The molecule has 27 heavy (non-hydrogen) atoms. The van der Waals surface area contributed by atoms with Crippen LogP contribution in [0.5, 0.6) is 5.75 Å². The Morgan fingerprint density at radius 3 is 2.41 bits per heavy atom. The number of anilines is 2. The normalized spacial score (nSPS) is 10.3. The predicted octanol–water partition coefficient (Wildman–Crippen LogP) is 4.27. The molecule has 0 aliphatic carbocycles. The number of hydrogen-bond donors (Lipinski definition) is 2. The summed E-state index contributed by atoms with van der Waals surface area (Å²) < 4.78 is 5.15. The third-order valence-electron chi connectivity index (χ3n) is 4.17. The van der Waals surface area contributed by atoms with Crippen molar-refractivity contribution in [1.82, 2.24) is 4.98 Å². The zero-order valence-electron chi connectivity index (χ0n) is 15.3. The Bertz CT molecular complexity index is 847. The number of amides is 1. The molecule has 1 amide bonds. The van der Waals surface area contributed by atoms with Crippen molar-refractivity contribution in [2.75, 3.05) is 17.7 Å². The summed E-state index contributed by atoms with van der Waals surface area (Å²) in [5.74, 6) is 1.36. The highest BCUT2D eigenvalue weighted by atomic mass is 16.5. The fourth-order valence-corrected chi connectivity index (χ4v) is 2.63. The van der Waals surface area contributed by atoms with E-state index in [1.807, 2.05) is 60.7 Å². The Morgan fingerprint density at radius 1 is 0.963 bits per heavy atom. The quantitative estimate of drug-likeness (QED) is 0.629. The average Bonchev–Trinajstić information content (AvgIpc) is 2.73. The summed E-state index contributed by atoms with van der Waals surface area (Å²) >= 11 is 0. The van der Waals surface area contributed by atoms with E-state index in [4.69, 9.17) is 4.74 Å². The minimum Gasteiger partial charge on any atom is -0.497 e. The van der Waals surface area contributed by atoms with Gasteiger partial charge in [0.15, 0.2) is 0 Å². The third kappa shape index (κ3) is 5.85. The first-order valence-corrected chi connectivity index (χ1v) is 8.89. The van der Waals surface area contributed by atoms with Crippen LogP contribution in [0.1, 0.15) is 17.5 Å². The number of aryl methyl sites for hydroxylation is 1. The summed E-state index contributed by atoms with van der Waals surface area (Å²) in [5.41, 5.74) is 3.20. The second-order valence-electron chi connectivity index (χ2n) is 6.17. The van der Waals surface area contributed by atoms with Crippen molar-refractivity contribution in [3.8, 4) is 5.75 Å². The maximum atomic E-state index is 12.1. The van der Waals surface area contributed by atoms with Crippen LogP contribution in [0.25, 0.3) is 0 Å². The molecule has 0 bridgehead atoms. The number of pyridine rings is 1. The minimum atomic E-state index is -0.0368. The van der Waals surface area contributed by atoms with Crippen LogP contribution < -0.4 is 15.4 Å². The molecule has 0 atom stereocenters. The number of methoxy groups -OCH3 is 1. The van der Waals surface area contributed by atoms with E-state index in [2.05, 4.69) is 15.6 Å². The molecule has 1 heterocycles. The van der Waals surface area contributed by atoms with E-state index >= 15 is 0 Å². The number of nitrogens with one attached hydrogen (secondary N) is 2. The molecule has 2 aromatic carbocycles. The first kappa shape index (κ1) is 18.5. The summed E-state index contributed by atoms with van der Waals surface area (Å²) in [7, 11) is 1.65. The van der Waals surface area contributed by atoms with Gasteiger partial charge >= 0.3 is 0 Å². The number of hydrogen-bond acceptors (Lipinski definition) is 4. The maximum absolute atomic E-state index is 12.1. The van der Waals surface area contributed by atoms with Crippen molar-refractivity contribution in [2.45, 2.75) is 19.4 Å². The van der Waals surface area contributed by atoms with Gasteiger partial charge in [-0.05, 0) is 41.8 Å². The molecule has 138 valence electrons. The highest BCUT2D eigenvalue weighted by molar-refractivity contribution is 5.89. The van der Waals surface area contributed by atoms with Crippen molar-refractivity contribution in [3.63, 3.8) is 0 Å². The smallest absolute Gasteiger partial charge is 0.225 e. The second kappa shape index (κ2) is 9.38. The zero-order chi connectivity index (χ0) is 18.9. The van der Waals surface area contributed by atoms with Crippen LogP contribution >= 0.6 is 0 Å². The molecular formula is C22H23N3O2. The van der Waals surface area contributed by atoms with Crippen LogP contribution in [0.2, 0.25) is 0 Å². The van der Waals surface area contributed by atoms with Crippen LogP contribution in [0.4, 0.5) is 11.5 Å². The zero-order valence-corrected chi connectivity index (χ0v) is 15.3. The van der Waals surface area contributed by atoms with Gasteiger partial charge in [0.05, 0.1) is 19.0 Å². The highest BCUT2D eigenvalue weighted by Gasteiger charge is 2.04. The van der Waals surface area contributed by atoms with Gasteiger partial charge in [0, 0.05) is 13.0 Å². The van der Waals surface area contributed by atoms with Gasteiger partial charge in [0.1, 0.15) is 11.6 Å². The SMILES string of the molecule is COc1ccc(CNc2ccc(NC(=O)CCc3ccccc3)nc2)cc1. The summed E-state index contributed by atoms with van der Waals surface area (Å²) in [6.45, 7) is 0.689. The van der Waals surface area contributed by atoms with E-state index in [1.165, 1.54) is 0 Å². The van der Waals surface area contributed by atoms with Crippen molar-refractivity contribution in [1.29, 1.82) is 0 Å². The maximum Gasteiger partial charge on any atom is 0.225 e. The minimum absolute atomic E-state index is 0.0368. The molecule has 2 N–H and O–H groups in total. The lowest BCUT2D eigenvalue weighted by Crippen LogP contribution is -2.13. The van der Waals surface area contributed by atoms with Crippen molar-refractivity contribution >= 4 is 17.4 Å². The van der Waals surface area contributed by atoms with Crippen LogP contribution in [0.15, 0.2) is 72.9 Å². The van der Waals surface area contributed by atoms with Crippen LogP contribution in [0.3, 0.4) is 0 Å². The van der Waals surface area contributed by atoms with Crippen molar-refractivity contribution in [2.24, 2.45) is 0 Å². The van der Waals surface area contributed by atoms with E-state index in [0.29, 0.717) is 25.2 Å². The molecule has 3 aromatic rings. The number of carbonyl (C=O) groups excluding carboxylic acids is 1.